The third kappa shape index (κ3) is 4.58. The van der Waals surface area contributed by atoms with Crippen LogP contribution in [0.1, 0.15) is 24.1 Å². The van der Waals surface area contributed by atoms with Crippen molar-refractivity contribution in [1.82, 2.24) is 9.88 Å². The Kier molecular flexibility index (Phi) is 6.66. The van der Waals surface area contributed by atoms with Gasteiger partial charge in [-0.3, -0.25) is 4.79 Å². The van der Waals surface area contributed by atoms with Crippen LogP contribution in [0.2, 0.25) is 5.02 Å². The summed E-state index contributed by atoms with van der Waals surface area (Å²) in [4.78, 5) is 18.5. The number of likely N-dealkylation sites (N-methyl/N-ethyl adjacent to an activating group) is 1. The van der Waals surface area contributed by atoms with Crippen molar-refractivity contribution in [2.75, 3.05) is 20.3 Å². The summed E-state index contributed by atoms with van der Waals surface area (Å²) in [7, 11) is 1.64. The van der Waals surface area contributed by atoms with Gasteiger partial charge in [-0.2, -0.15) is 0 Å². The molecule has 0 radical (unpaired) electrons. The SMILES string of the molecule is CCN(C(=O)COc1ccc(Cl)cc1)C(c1ccc(OC)cc1)c1c[nH]c2ccccc12. The zero-order valence-electron chi connectivity index (χ0n) is 18.0. The predicted molar refractivity (Wildman–Crippen MR) is 127 cm³/mol. The second-order valence-corrected chi connectivity index (χ2v) is 7.82. The predicted octanol–water partition coefficient (Wildman–Crippen LogP) is 5.85. The monoisotopic (exact) mass is 448 g/mol. The molecule has 0 saturated carbocycles. The number of hydrogen-bond acceptors (Lipinski definition) is 3. The van der Waals surface area contributed by atoms with E-state index >= 15 is 0 Å². The number of rotatable bonds is 8. The molecule has 0 bridgehead atoms. The first-order chi connectivity index (χ1) is 15.6. The van der Waals surface area contributed by atoms with Crippen molar-refractivity contribution in [1.29, 1.82) is 0 Å². The zero-order valence-corrected chi connectivity index (χ0v) is 18.8. The van der Waals surface area contributed by atoms with Crippen molar-refractivity contribution in [3.63, 3.8) is 0 Å². The number of benzene rings is 3. The molecular formula is C26H25ClN2O3. The fourth-order valence-corrected chi connectivity index (χ4v) is 4.02. The molecule has 32 heavy (non-hydrogen) atoms. The van der Waals surface area contributed by atoms with Crippen molar-refractivity contribution < 1.29 is 14.3 Å². The standard InChI is InChI=1S/C26H25ClN2O3/c1-3-29(25(30)17-32-21-14-10-19(27)11-15-21)26(18-8-12-20(31-2)13-9-18)23-16-28-24-7-5-4-6-22(23)24/h4-16,26,28H,3,17H2,1-2H3. The number of fused-ring (bicyclic) bond motifs is 1. The number of aromatic amines is 1. The highest BCUT2D eigenvalue weighted by molar-refractivity contribution is 6.30. The summed E-state index contributed by atoms with van der Waals surface area (Å²) in [5, 5.41) is 1.70. The van der Waals surface area contributed by atoms with Crippen LogP contribution in [0.5, 0.6) is 11.5 Å². The van der Waals surface area contributed by atoms with Crippen LogP contribution in [-0.2, 0) is 4.79 Å². The highest BCUT2D eigenvalue weighted by atomic mass is 35.5. The molecular weight excluding hydrogens is 424 g/mol. The van der Waals surface area contributed by atoms with E-state index in [-0.39, 0.29) is 18.6 Å². The van der Waals surface area contributed by atoms with Gasteiger partial charge in [0.25, 0.3) is 5.91 Å². The smallest absolute Gasteiger partial charge is 0.261 e. The minimum Gasteiger partial charge on any atom is -0.497 e. The summed E-state index contributed by atoms with van der Waals surface area (Å²) in [6.45, 7) is 2.44. The van der Waals surface area contributed by atoms with Gasteiger partial charge in [0.05, 0.1) is 13.2 Å². The van der Waals surface area contributed by atoms with E-state index in [4.69, 9.17) is 21.1 Å². The molecule has 0 aliphatic heterocycles. The van der Waals surface area contributed by atoms with Gasteiger partial charge in [0, 0.05) is 34.2 Å². The van der Waals surface area contributed by atoms with E-state index < -0.39 is 0 Å². The van der Waals surface area contributed by atoms with Crippen LogP contribution < -0.4 is 9.47 Å². The highest BCUT2D eigenvalue weighted by Gasteiger charge is 2.28. The molecule has 1 amide bonds. The third-order valence-corrected chi connectivity index (χ3v) is 5.75. The number of amides is 1. The molecule has 4 rings (SSSR count). The first kappa shape index (κ1) is 21.8. The zero-order chi connectivity index (χ0) is 22.5. The molecule has 1 N–H and O–H groups in total. The summed E-state index contributed by atoms with van der Waals surface area (Å²) in [5.41, 5.74) is 3.06. The first-order valence-corrected chi connectivity index (χ1v) is 10.9. The Balaban J connectivity index is 1.68. The summed E-state index contributed by atoms with van der Waals surface area (Å²) < 4.78 is 11.1. The maximum atomic E-state index is 13.3. The molecule has 1 heterocycles. The van der Waals surface area contributed by atoms with Crippen molar-refractivity contribution >= 4 is 28.4 Å². The van der Waals surface area contributed by atoms with Gasteiger partial charge in [-0.15, -0.1) is 0 Å². The summed E-state index contributed by atoms with van der Waals surface area (Å²) in [6, 6.07) is 22.7. The first-order valence-electron chi connectivity index (χ1n) is 10.5. The summed E-state index contributed by atoms with van der Waals surface area (Å²) >= 11 is 5.94. The summed E-state index contributed by atoms with van der Waals surface area (Å²) in [5.74, 6) is 1.27. The number of H-pyrrole nitrogens is 1. The van der Waals surface area contributed by atoms with Gasteiger partial charge in [0.1, 0.15) is 11.5 Å². The topological polar surface area (TPSA) is 54.6 Å². The van der Waals surface area contributed by atoms with E-state index in [2.05, 4.69) is 11.1 Å². The van der Waals surface area contributed by atoms with Crippen LogP contribution in [0.4, 0.5) is 0 Å². The molecule has 1 aromatic heterocycles. The van der Waals surface area contributed by atoms with Gasteiger partial charge in [-0.25, -0.2) is 0 Å². The van der Waals surface area contributed by atoms with Crippen molar-refractivity contribution in [3.05, 3.63) is 95.1 Å². The van der Waals surface area contributed by atoms with Gasteiger partial charge in [0.2, 0.25) is 0 Å². The van der Waals surface area contributed by atoms with E-state index in [0.717, 1.165) is 27.8 Å². The number of halogens is 1. The molecule has 0 aliphatic carbocycles. The van der Waals surface area contributed by atoms with Crippen LogP contribution in [0.25, 0.3) is 10.9 Å². The van der Waals surface area contributed by atoms with Gasteiger partial charge >= 0.3 is 0 Å². The van der Waals surface area contributed by atoms with Crippen LogP contribution in [-0.4, -0.2) is 36.1 Å². The fraction of sp³-hybridized carbons (Fsp3) is 0.192. The maximum Gasteiger partial charge on any atom is 0.261 e. The fourth-order valence-electron chi connectivity index (χ4n) is 3.90. The van der Waals surface area contributed by atoms with Crippen LogP contribution in [0.15, 0.2) is 79.0 Å². The van der Waals surface area contributed by atoms with Crippen molar-refractivity contribution in [2.45, 2.75) is 13.0 Å². The Morgan fingerprint density at radius 3 is 2.38 bits per heavy atom. The van der Waals surface area contributed by atoms with Crippen LogP contribution in [0, 0.1) is 0 Å². The van der Waals surface area contributed by atoms with Gasteiger partial charge in [-0.1, -0.05) is 41.9 Å². The lowest BCUT2D eigenvalue weighted by Crippen LogP contribution is -2.38. The number of ether oxygens (including phenoxy) is 2. The second-order valence-electron chi connectivity index (χ2n) is 7.39. The Bertz CT molecular complexity index is 1190. The Labute approximate surface area is 192 Å². The second kappa shape index (κ2) is 9.79. The average molecular weight is 449 g/mol. The Morgan fingerprint density at radius 2 is 1.69 bits per heavy atom. The number of aromatic nitrogens is 1. The van der Waals surface area contributed by atoms with Crippen LogP contribution >= 0.6 is 11.6 Å². The molecule has 164 valence electrons. The van der Waals surface area contributed by atoms with E-state index in [1.165, 1.54) is 0 Å². The van der Waals surface area contributed by atoms with E-state index in [1.54, 1.807) is 31.4 Å². The summed E-state index contributed by atoms with van der Waals surface area (Å²) in [6.07, 6.45) is 1.98. The van der Waals surface area contributed by atoms with Crippen molar-refractivity contribution in [2.24, 2.45) is 0 Å². The van der Waals surface area contributed by atoms with E-state index in [1.807, 2.05) is 60.5 Å². The molecule has 0 saturated heterocycles. The normalized spacial score (nSPS) is 11.8. The number of nitrogens with zero attached hydrogens (tertiary/aromatic N) is 1. The molecule has 0 aliphatic rings. The number of para-hydroxylation sites is 1. The molecule has 5 nitrogen and oxygen atoms in total. The highest BCUT2D eigenvalue weighted by Crippen LogP contribution is 2.34. The van der Waals surface area contributed by atoms with E-state index in [0.29, 0.717) is 17.3 Å². The third-order valence-electron chi connectivity index (χ3n) is 5.50. The minimum absolute atomic E-state index is 0.0650. The lowest BCUT2D eigenvalue weighted by atomic mass is 9.96. The molecule has 1 unspecified atom stereocenters. The molecule has 3 aromatic carbocycles. The average Bonchev–Trinajstić information content (AvgIpc) is 3.26. The molecule has 0 fully saturated rings. The number of carbonyl (C=O) groups excluding carboxylic acids is 1. The van der Waals surface area contributed by atoms with Gasteiger partial charge < -0.3 is 19.4 Å². The van der Waals surface area contributed by atoms with Gasteiger partial charge in [-0.05, 0) is 55.0 Å². The molecule has 4 aromatic rings. The number of hydrogen-bond donors (Lipinski definition) is 1. The maximum absolute atomic E-state index is 13.3. The van der Waals surface area contributed by atoms with Crippen molar-refractivity contribution in [3.8, 4) is 11.5 Å². The molecule has 0 spiro atoms. The number of carbonyl (C=O) groups is 1. The lowest BCUT2D eigenvalue weighted by Gasteiger charge is -2.31. The number of methoxy groups -OCH3 is 1. The Morgan fingerprint density at radius 1 is 1.00 bits per heavy atom. The van der Waals surface area contributed by atoms with Gasteiger partial charge in [0.15, 0.2) is 6.61 Å². The largest absolute Gasteiger partial charge is 0.497 e. The Hall–Kier alpha value is -3.44. The molecule has 1 atom stereocenters. The van der Waals surface area contributed by atoms with Crippen LogP contribution in [0.3, 0.4) is 0 Å². The lowest BCUT2D eigenvalue weighted by molar-refractivity contribution is -0.134. The van der Waals surface area contributed by atoms with E-state index in [9.17, 15) is 4.79 Å². The quantitative estimate of drug-likeness (QED) is 0.368. The minimum atomic E-state index is -0.275. The molecule has 6 heteroatoms. The number of nitrogens with one attached hydrogen (secondary N) is 1.